The second-order valence-electron chi connectivity index (χ2n) is 6.20. The molecule has 116 valence electrons. The van der Waals surface area contributed by atoms with Crippen LogP contribution < -0.4 is 10.6 Å². The van der Waals surface area contributed by atoms with Crippen molar-refractivity contribution in [2.75, 3.05) is 38.5 Å². The van der Waals surface area contributed by atoms with E-state index in [4.69, 9.17) is 0 Å². The number of hydrogen-bond acceptors (Lipinski definition) is 4. The molecule has 0 spiro atoms. The fraction of sp³-hybridized carbons (Fsp3) is 0.625. The van der Waals surface area contributed by atoms with Crippen molar-refractivity contribution >= 4 is 11.7 Å². The largest absolute Gasteiger partial charge is 0.373 e. The molecule has 2 rings (SSSR count). The zero-order chi connectivity index (χ0) is 15.2. The van der Waals surface area contributed by atoms with Crippen molar-refractivity contribution in [3.63, 3.8) is 0 Å². The van der Waals surface area contributed by atoms with Crippen LogP contribution in [0.5, 0.6) is 0 Å². The van der Waals surface area contributed by atoms with Gasteiger partial charge < -0.3 is 15.5 Å². The van der Waals surface area contributed by atoms with Gasteiger partial charge in [0, 0.05) is 32.9 Å². The number of amides is 1. The summed E-state index contributed by atoms with van der Waals surface area (Å²) in [5.74, 6) is 2.01. The molecule has 0 aliphatic carbocycles. The molecule has 1 aromatic heterocycles. The molecule has 1 aromatic rings. The Morgan fingerprint density at radius 1 is 1.48 bits per heavy atom. The Bertz CT molecular complexity index is 458. The van der Waals surface area contributed by atoms with Gasteiger partial charge in [0.05, 0.1) is 5.56 Å². The van der Waals surface area contributed by atoms with E-state index in [-0.39, 0.29) is 5.91 Å². The molecule has 0 radical (unpaired) electrons. The first-order valence-corrected chi connectivity index (χ1v) is 7.73. The van der Waals surface area contributed by atoms with Crippen molar-refractivity contribution in [3.8, 4) is 0 Å². The zero-order valence-electron chi connectivity index (χ0n) is 13.2. The van der Waals surface area contributed by atoms with Crippen LogP contribution >= 0.6 is 0 Å². The molecule has 0 bridgehead atoms. The normalized spacial score (nSPS) is 19.0. The van der Waals surface area contributed by atoms with Crippen LogP contribution in [-0.2, 0) is 0 Å². The summed E-state index contributed by atoms with van der Waals surface area (Å²) in [6.45, 7) is 8.64. The van der Waals surface area contributed by atoms with Crippen molar-refractivity contribution in [2.24, 2.45) is 11.8 Å². The van der Waals surface area contributed by atoms with Gasteiger partial charge in [-0.05, 0) is 36.9 Å². The van der Waals surface area contributed by atoms with Gasteiger partial charge in [0.1, 0.15) is 5.82 Å². The summed E-state index contributed by atoms with van der Waals surface area (Å²) in [5, 5.41) is 5.97. The molecule has 1 aliphatic rings. The van der Waals surface area contributed by atoms with E-state index in [2.05, 4.69) is 34.4 Å². The molecule has 0 saturated carbocycles. The molecule has 1 saturated heterocycles. The van der Waals surface area contributed by atoms with Crippen LogP contribution in [0.2, 0.25) is 0 Å². The average molecular weight is 290 g/mol. The SMILES string of the molecule is CNc1ccc(C(=O)NCC2CCN(CC(C)C)C2)cn1. The smallest absolute Gasteiger partial charge is 0.252 e. The number of aromatic nitrogens is 1. The number of nitrogens with zero attached hydrogens (tertiary/aromatic N) is 2. The minimum absolute atomic E-state index is 0.0348. The number of nitrogens with one attached hydrogen (secondary N) is 2. The van der Waals surface area contributed by atoms with Crippen LogP contribution in [-0.4, -0.2) is 49.0 Å². The number of pyridine rings is 1. The number of rotatable bonds is 6. The molecule has 1 amide bonds. The van der Waals surface area contributed by atoms with Gasteiger partial charge in [0.25, 0.3) is 5.91 Å². The van der Waals surface area contributed by atoms with Crippen molar-refractivity contribution in [2.45, 2.75) is 20.3 Å². The Morgan fingerprint density at radius 3 is 2.90 bits per heavy atom. The maximum Gasteiger partial charge on any atom is 0.252 e. The minimum Gasteiger partial charge on any atom is -0.373 e. The van der Waals surface area contributed by atoms with Gasteiger partial charge in [0.2, 0.25) is 0 Å². The fourth-order valence-corrected chi connectivity index (χ4v) is 2.78. The first kappa shape index (κ1) is 15.8. The van der Waals surface area contributed by atoms with Crippen LogP contribution in [0, 0.1) is 11.8 Å². The highest BCUT2D eigenvalue weighted by Crippen LogP contribution is 2.16. The standard InChI is InChI=1S/C16H26N4O/c1-12(2)10-20-7-6-13(11-20)8-19-16(21)14-4-5-15(17-3)18-9-14/h4-5,9,12-13H,6-8,10-11H2,1-3H3,(H,17,18)(H,19,21). The molecule has 0 aromatic carbocycles. The Labute approximate surface area is 127 Å². The predicted octanol–water partition coefficient (Wildman–Crippen LogP) is 1.83. The predicted molar refractivity (Wildman–Crippen MR) is 85.5 cm³/mol. The van der Waals surface area contributed by atoms with E-state index in [9.17, 15) is 4.79 Å². The van der Waals surface area contributed by atoms with Crippen molar-refractivity contribution in [3.05, 3.63) is 23.9 Å². The lowest BCUT2D eigenvalue weighted by Gasteiger charge is -2.18. The second-order valence-corrected chi connectivity index (χ2v) is 6.20. The van der Waals surface area contributed by atoms with Crippen LogP contribution in [0.3, 0.4) is 0 Å². The van der Waals surface area contributed by atoms with E-state index in [1.165, 1.54) is 6.42 Å². The number of hydrogen-bond donors (Lipinski definition) is 2. The van der Waals surface area contributed by atoms with Crippen LogP contribution in [0.15, 0.2) is 18.3 Å². The monoisotopic (exact) mass is 290 g/mol. The first-order valence-electron chi connectivity index (χ1n) is 7.73. The third-order valence-electron chi connectivity index (χ3n) is 3.83. The molecular weight excluding hydrogens is 264 g/mol. The molecular formula is C16H26N4O. The van der Waals surface area contributed by atoms with E-state index in [1.807, 2.05) is 13.1 Å². The highest BCUT2D eigenvalue weighted by molar-refractivity contribution is 5.94. The topological polar surface area (TPSA) is 57.3 Å². The lowest BCUT2D eigenvalue weighted by atomic mass is 10.1. The van der Waals surface area contributed by atoms with Crippen LogP contribution in [0.25, 0.3) is 0 Å². The first-order chi connectivity index (χ1) is 10.1. The quantitative estimate of drug-likeness (QED) is 0.839. The number of likely N-dealkylation sites (tertiary alicyclic amines) is 1. The van der Waals surface area contributed by atoms with Crippen molar-refractivity contribution in [1.82, 2.24) is 15.2 Å². The summed E-state index contributed by atoms with van der Waals surface area (Å²) in [7, 11) is 1.81. The molecule has 21 heavy (non-hydrogen) atoms. The molecule has 2 heterocycles. The lowest BCUT2D eigenvalue weighted by Crippen LogP contribution is -2.31. The summed E-state index contributed by atoms with van der Waals surface area (Å²) in [6, 6.07) is 3.61. The van der Waals surface area contributed by atoms with E-state index in [0.717, 1.165) is 32.0 Å². The van der Waals surface area contributed by atoms with Gasteiger partial charge >= 0.3 is 0 Å². The highest BCUT2D eigenvalue weighted by atomic mass is 16.1. The third-order valence-corrected chi connectivity index (χ3v) is 3.83. The molecule has 5 heteroatoms. The van der Waals surface area contributed by atoms with Gasteiger partial charge in [-0.25, -0.2) is 4.98 Å². The Balaban J connectivity index is 1.76. The molecule has 2 N–H and O–H groups in total. The second kappa shape index (κ2) is 7.41. The Hall–Kier alpha value is -1.62. The van der Waals surface area contributed by atoms with Crippen molar-refractivity contribution < 1.29 is 4.79 Å². The molecule has 1 fully saturated rings. The maximum absolute atomic E-state index is 12.1. The van der Waals surface area contributed by atoms with E-state index in [0.29, 0.717) is 17.4 Å². The van der Waals surface area contributed by atoms with E-state index >= 15 is 0 Å². The lowest BCUT2D eigenvalue weighted by molar-refractivity contribution is 0.0947. The Morgan fingerprint density at radius 2 is 2.29 bits per heavy atom. The summed E-state index contributed by atoms with van der Waals surface area (Å²) < 4.78 is 0. The average Bonchev–Trinajstić information content (AvgIpc) is 2.91. The number of carbonyl (C=O) groups is 1. The summed E-state index contributed by atoms with van der Waals surface area (Å²) in [4.78, 5) is 18.7. The maximum atomic E-state index is 12.1. The third kappa shape index (κ3) is 4.70. The van der Waals surface area contributed by atoms with Gasteiger partial charge in [0.15, 0.2) is 0 Å². The van der Waals surface area contributed by atoms with Crippen LogP contribution in [0.4, 0.5) is 5.82 Å². The Kier molecular flexibility index (Phi) is 5.56. The number of anilines is 1. The number of carbonyl (C=O) groups excluding carboxylic acids is 1. The summed E-state index contributed by atoms with van der Waals surface area (Å²) >= 11 is 0. The minimum atomic E-state index is -0.0348. The summed E-state index contributed by atoms with van der Waals surface area (Å²) in [6.07, 6.45) is 2.78. The van der Waals surface area contributed by atoms with Gasteiger partial charge in [-0.1, -0.05) is 13.8 Å². The van der Waals surface area contributed by atoms with E-state index in [1.54, 1.807) is 12.3 Å². The molecule has 1 atom stereocenters. The zero-order valence-corrected chi connectivity index (χ0v) is 13.2. The highest BCUT2D eigenvalue weighted by Gasteiger charge is 2.23. The van der Waals surface area contributed by atoms with E-state index < -0.39 is 0 Å². The molecule has 1 unspecified atom stereocenters. The molecule has 5 nitrogen and oxygen atoms in total. The van der Waals surface area contributed by atoms with Crippen molar-refractivity contribution in [1.29, 1.82) is 0 Å². The molecule has 1 aliphatic heterocycles. The van der Waals surface area contributed by atoms with Gasteiger partial charge in [-0.15, -0.1) is 0 Å². The van der Waals surface area contributed by atoms with Gasteiger partial charge in [-0.3, -0.25) is 4.79 Å². The van der Waals surface area contributed by atoms with Gasteiger partial charge in [-0.2, -0.15) is 0 Å². The fourth-order valence-electron chi connectivity index (χ4n) is 2.78. The summed E-state index contributed by atoms with van der Waals surface area (Å²) in [5.41, 5.74) is 0.617. The van der Waals surface area contributed by atoms with Crippen LogP contribution in [0.1, 0.15) is 30.6 Å².